The van der Waals surface area contributed by atoms with Crippen LogP contribution in [0.15, 0.2) is 0 Å². The molecule has 2 N–H and O–H groups in total. The van der Waals surface area contributed by atoms with E-state index in [9.17, 15) is 8.76 Å². The monoisotopic (exact) mass is 216 g/mol. The molecule has 14 heavy (non-hydrogen) atoms. The van der Waals surface area contributed by atoms with Crippen molar-refractivity contribution in [1.29, 1.82) is 0 Å². The van der Waals surface area contributed by atoms with Crippen LogP contribution < -0.4 is 5.73 Å². The number of fused-ring (bicyclic) bond motifs is 1. The van der Waals surface area contributed by atoms with Gasteiger partial charge in [0.2, 0.25) is 0 Å². The molecule has 3 aliphatic carbocycles. The lowest BCUT2D eigenvalue weighted by Crippen LogP contribution is -2.63. The van der Waals surface area contributed by atoms with Crippen LogP contribution in [0.3, 0.4) is 0 Å². The van der Waals surface area contributed by atoms with Crippen molar-refractivity contribution in [2.45, 2.75) is 32.7 Å². The third-order valence-electron chi connectivity index (χ3n) is 4.30. The summed E-state index contributed by atoms with van der Waals surface area (Å²) < 4.78 is 21.7. The summed E-state index contributed by atoms with van der Waals surface area (Å²) in [7, 11) is 0. The Hall–Kier alpha value is 0.0700. The van der Waals surface area contributed by atoms with Gasteiger partial charge in [0.05, 0.1) is 0 Å². The highest BCUT2D eigenvalue weighted by molar-refractivity contribution is 7.79. The second-order valence-corrected chi connectivity index (χ2v) is 6.08. The molecule has 0 heterocycles. The summed E-state index contributed by atoms with van der Waals surface area (Å²) >= 11 is -1.94. The SMILES string of the molecule is CC(C)C1C2CCC1(CS(=O)[O-])C2N. The summed E-state index contributed by atoms with van der Waals surface area (Å²) in [5.74, 6) is 1.95. The quantitative estimate of drug-likeness (QED) is 0.712. The first-order valence-corrected chi connectivity index (χ1v) is 6.55. The molecule has 4 heteroatoms. The fourth-order valence-electron chi connectivity index (χ4n) is 3.95. The molecule has 3 rings (SSSR count). The molecule has 2 bridgehead atoms. The Morgan fingerprint density at radius 3 is 2.71 bits per heavy atom. The van der Waals surface area contributed by atoms with Crippen molar-refractivity contribution < 1.29 is 8.76 Å². The van der Waals surface area contributed by atoms with E-state index in [1.807, 2.05) is 0 Å². The van der Waals surface area contributed by atoms with E-state index in [0.29, 0.717) is 17.8 Å². The zero-order chi connectivity index (χ0) is 10.5. The topological polar surface area (TPSA) is 66.1 Å². The first-order valence-electron chi connectivity index (χ1n) is 5.30. The Labute approximate surface area is 87.7 Å². The molecule has 82 valence electrons. The maximum atomic E-state index is 10.8. The van der Waals surface area contributed by atoms with Crippen LogP contribution in [0.4, 0.5) is 0 Å². The molecule has 0 aromatic carbocycles. The standard InChI is InChI=1S/C10H19NO2S/c1-6(2)8-7-3-4-10(8,9(7)11)5-14(12)13/h6-9H,3-5,11H2,1-2H3,(H,12,13)/p-1. The number of hydrogen-bond acceptors (Lipinski definition) is 3. The van der Waals surface area contributed by atoms with Crippen LogP contribution in [0, 0.1) is 23.2 Å². The van der Waals surface area contributed by atoms with Gasteiger partial charge in [0, 0.05) is 11.8 Å². The van der Waals surface area contributed by atoms with Gasteiger partial charge >= 0.3 is 0 Å². The van der Waals surface area contributed by atoms with Crippen molar-refractivity contribution in [2.75, 3.05) is 5.75 Å². The van der Waals surface area contributed by atoms with Crippen molar-refractivity contribution in [3.63, 3.8) is 0 Å². The first kappa shape index (κ1) is 10.6. The van der Waals surface area contributed by atoms with E-state index in [0.717, 1.165) is 12.8 Å². The molecular weight excluding hydrogens is 198 g/mol. The number of hydrogen-bond donors (Lipinski definition) is 1. The smallest absolute Gasteiger partial charge is 0.0176 e. The second-order valence-electron chi connectivity index (χ2n) is 5.18. The molecule has 0 radical (unpaired) electrons. The van der Waals surface area contributed by atoms with E-state index in [1.165, 1.54) is 0 Å². The van der Waals surface area contributed by atoms with Gasteiger partial charge in [-0.25, -0.2) is 0 Å². The fraction of sp³-hybridized carbons (Fsp3) is 1.00. The van der Waals surface area contributed by atoms with E-state index in [-0.39, 0.29) is 17.2 Å². The summed E-state index contributed by atoms with van der Waals surface area (Å²) in [5, 5.41) is 0. The molecule has 5 unspecified atom stereocenters. The molecular formula is C10H18NO2S-. The van der Waals surface area contributed by atoms with Crippen molar-refractivity contribution in [2.24, 2.45) is 28.9 Å². The zero-order valence-corrected chi connectivity index (χ0v) is 9.55. The van der Waals surface area contributed by atoms with Crippen LogP contribution in [-0.4, -0.2) is 20.6 Å². The highest BCUT2D eigenvalue weighted by Crippen LogP contribution is 2.64. The van der Waals surface area contributed by atoms with E-state index < -0.39 is 11.1 Å². The van der Waals surface area contributed by atoms with Crippen molar-refractivity contribution in [3.05, 3.63) is 0 Å². The maximum absolute atomic E-state index is 10.8. The third-order valence-corrected chi connectivity index (χ3v) is 5.07. The first-order chi connectivity index (χ1) is 6.49. The number of rotatable bonds is 3. The summed E-state index contributed by atoms with van der Waals surface area (Å²) in [6.45, 7) is 4.36. The lowest BCUT2D eigenvalue weighted by atomic mass is 9.54. The highest BCUT2D eigenvalue weighted by atomic mass is 32.2. The zero-order valence-electron chi connectivity index (χ0n) is 8.73. The fourth-order valence-corrected chi connectivity index (χ4v) is 4.92. The summed E-state index contributed by atoms with van der Waals surface area (Å²) in [5.41, 5.74) is 5.99. The molecule has 3 saturated carbocycles. The molecule has 3 fully saturated rings. The molecule has 3 nitrogen and oxygen atoms in total. The van der Waals surface area contributed by atoms with Gasteiger partial charge in [0.25, 0.3) is 0 Å². The number of nitrogens with two attached hydrogens (primary N) is 1. The van der Waals surface area contributed by atoms with Crippen LogP contribution in [0.25, 0.3) is 0 Å². The molecule has 0 aromatic heterocycles. The van der Waals surface area contributed by atoms with Crippen LogP contribution in [-0.2, 0) is 11.1 Å². The van der Waals surface area contributed by atoms with Gasteiger partial charge in [-0.1, -0.05) is 24.9 Å². The minimum Gasteiger partial charge on any atom is -0.772 e. The predicted octanol–water partition coefficient (Wildman–Crippen LogP) is 0.875. The van der Waals surface area contributed by atoms with Crippen molar-refractivity contribution >= 4 is 11.1 Å². The summed E-state index contributed by atoms with van der Waals surface area (Å²) in [4.78, 5) is 0. The lowest BCUT2D eigenvalue weighted by Gasteiger charge is -2.55. The van der Waals surface area contributed by atoms with Gasteiger partial charge in [-0.2, -0.15) is 0 Å². The average Bonchev–Trinajstić information content (AvgIpc) is 2.56. The normalized spacial score (nSPS) is 47.9. The van der Waals surface area contributed by atoms with Gasteiger partial charge in [-0.3, -0.25) is 4.21 Å². The van der Waals surface area contributed by atoms with Gasteiger partial charge in [0.1, 0.15) is 0 Å². The molecule has 0 aliphatic heterocycles. The van der Waals surface area contributed by atoms with Crippen molar-refractivity contribution in [3.8, 4) is 0 Å². The minimum atomic E-state index is -1.94. The minimum absolute atomic E-state index is 0.0779. The Kier molecular flexibility index (Phi) is 2.48. The van der Waals surface area contributed by atoms with Crippen LogP contribution in [0.1, 0.15) is 26.7 Å². The Balaban J connectivity index is 2.19. The van der Waals surface area contributed by atoms with E-state index in [1.54, 1.807) is 0 Å². The Morgan fingerprint density at radius 2 is 2.29 bits per heavy atom. The maximum Gasteiger partial charge on any atom is 0.0176 e. The molecule has 0 spiro atoms. The van der Waals surface area contributed by atoms with Gasteiger partial charge < -0.3 is 10.3 Å². The average molecular weight is 216 g/mol. The van der Waals surface area contributed by atoms with Gasteiger partial charge in [-0.05, 0) is 36.0 Å². The molecule has 0 aromatic rings. The van der Waals surface area contributed by atoms with Crippen LogP contribution >= 0.6 is 0 Å². The van der Waals surface area contributed by atoms with E-state index in [4.69, 9.17) is 5.73 Å². The van der Waals surface area contributed by atoms with Gasteiger partial charge in [-0.15, -0.1) is 0 Å². The van der Waals surface area contributed by atoms with E-state index >= 15 is 0 Å². The van der Waals surface area contributed by atoms with Gasteiger partial charge in [0.15, 0.2) is 0 Å². The molecule has 0 amide bonds. The van der Waals surface area contributed by atoms with Crippen LogP contribution in [0.5, 0.6) is 0 Å². The van der Waals surface area contributed by atoms with E-state index in [2.05, 4.69) is 13.8 Å². The lowest BCUT2D eigenvalue weighted by molar-refractivity contribution is -0.0154. The third kappa shape index (κ3) is 1.20. The Bertz CT molecular complexity index is 269. The Morgan fingerprint density at radius 1 is 1.64 bits per heavy atom. The molecule has 3 aliphatic rings. The largest absolute Gasteiger partial charge is 0.772 e. The summed E-state index contributed by atoms with van der Waals surface area (Å²) in [6.07, 6.45) is 2.14. The molecule has 0 saturated heterocycles. The highest BCUT2D eigenvalue weighted by Gasteiger charge is 2.65. The molecule has 5 atom stereocenters. The summed E-state index contributed by atoms with van der Waals surface area (Å²) in [6, 6.07) is 0.132. The van der Waals surface area contributed by atoms with Crippen molar-refractivity contribution in [1.82, 2.24) is 0 Å². The van der Waals surface area contributed by atoms with Crippen LogP contribution in [0.2, 0.25) is 0 Å². The predicted molar refractivity (Wildman–Crippen MR) is 55.2 cm³/mol. The second kappa shape index (κ2) is 3.29.